The van der Waals surface area contributed by atoms with Crippen LogP contribution in [0.25, 0.3) is 0 Å². The summed E-state index contributed by atoms with van der Waals surface area (Å²) in [7, 11) is 1.77. The molecule has 8 heteroatoms. The number of alkyl halides is 3. The van der Waals surface area contributed by atoms with Crippen molar-refractivity contribution in [1.82, 2.24) is 10.2 Å². The number of ether oxygens (including phenoxy) is 1. The van der Waals surface area contributed by atoms with Crippen LogP contribution in [0.2, 0.25) is 0 Å². The largest absolute Gasteiger partial charge is 0.411 e. The molecule has 1 aliphatic rings. The molecule has 148 valence electrons. The number of benzene rings is 1. The van der Waals surface area contributed by atoms with Gasteiger partial charge in [0.15, 0.2) is 5.96 Å². The maximum atomic E-state index is 12.1. The van der Waals surface area contributed by atoms with Crippen LogP contribution in [0.5, 0.6) is 0 Å². The van der Waals surface area contributed by atoms with Gasteiger partial charge in [-0.05, 0) is 29.9 Å². The molecule has 1 N–H and O–H groups in total. The van der Waals surface area contributed by atoms with E-state index >= 15 is 0 Å². The van der Waals surface area contributed by atoms with Crippen molar-refractivity contribution in [1.29, 1.82) is 0 Å². The zero-order chi connectivity index (χ0) is 18.3. The minimum Gasteiger partial charge on any atom is -0.367 e. The molecule has 0 saturated carbocycles. The molecule has 0 spiro atoms. The molecule has 0 bridgehead atoms. The van der Waals surface area contributed by atoms with Gasteiger partial charge in [-0.2, -0.15) is 13.2 Å². The van der Waals surface area contributed by atoms with Crippen LogP contribution in [0.3, 0.4) is 0 Å². The number of guanidine groups is 1. The number of piperidine rings is 1. The summed E-state index contributed by atoms with van der Waals surface area (Å²) in [6, 6.07) is 7.39. The zero-order valence-corrected chi connectivity index (χ0v) is 17.5. The number of nitrogens with zero attached hydrogens (tertiary/aromatic N) is 2. The van der Waals surface area contributed by atoms with E-state index < -0.39 is 12.8 Å². The fraction of sp³-hybridized carbons (Fsp3) is 0.611. The van der Waals surface area contributed by atoms with Gasteiger partial charge < -0.3 is 15.0 Å². The number of likely N-dealkylation sites (tertiary alicyclic amines) is 1. The molecule has 1 aromatic rings. The third-order valence-corrected chi connectivity index (χ3v) is 4.14. The van der Waals surface area contributed by atoms with Crippen molar-refractivity contribution in [3.63, 3.8) is 0 Å². The van der Waals surface area contributed by atoms with Gasteiger partial charge in [-0.15, -0.1) is 24.0 Å². The number of rotatable bonds is 5. The summed E-state index contributed by atoms with van der Waals surface area (Å²) in [5.41, 5.74) is 1.71. The lowest BCUT2D eigenvalue weighted by molar-refractivity contribution is -0.176. The highest BCUT2D eigenvalue weighted by Crippen LogP contribution is 2.17. The topological polar surface area (TPSA) is 36.9 Å². The van der Waals surface area contributed by atoms with Gasteiger partial charge in [0.2, 0.25) is 0 Å². The van der Waals surface area contributed by atoms with Gasteiger partial charge in [0.1, 0.15) is 6.61 Å². The lowest BCUT2D eigenvalue weighted by Crippen LogP contribution is -2.45. The second-order valence-corrected chi connectivity index (χ2v) is 6.52. The minimum atomic E-state index is -4.29. The monoisotopic (exact) mass is 485 g/mol. The van der Waals surface area contributed by atoms with Gasteiger partial charge in [0, 0.05) is 26.7 Å². The first-order valence-corrected chi connectivity index (χ1v) is 8.55. The molecular weight excluding hydrogens is 458 g/mol. The summed E-state index contributed by atoms with van der Waals surface area (Å²) >= 11 is 0. The first kappa shape index (κ1) is 23.0. The Labute approximate surface area is 170 Å². The van der Waals surface area contributed by atoms with Gasteiger partial charge in [-0.3, -0.25) is 4.99 Å². The quantitative estimate of drug-likeness (QED) is 0.386. The lowest BCUT2D eigenvalue weighted by Gasteiger charge is -2.33. The number of nitrogens with one attached hydrogen (secondary N) is 1. The Morgan fingerprint density at radius 2 is 2.08 bits per heavy atom. The van der Waals surface area contributed by atoms with Crippen molar-refractivity contribution in [3.05, 3.63) is 35.4 Å². The second kappa shape index (κ2) is 11.0. The highest BCUT2D eigenvalue weighted by molar-refractivity contribution is 14.0. The van der Waals surface area contributed by atoms with Crippen LogP contribution in [0.15, 0.2) is 29.3 Å². The molecule has 1 aromatic carbocycles. The van der Waals surface area contributed by atoms with Gasteiger partial charge in [0.25, 0.3) is 0 Å². The minimum absolute atomic E-state index is 0. The van der Waals surface area contributed by atoms with Crippen LogP contribution in [0.1, 0.15) is 30.9 Å². The van der Waals surface area contributed by atoms with Crippen molar-refractivity contribution in [2.24, 2.45) is 10.9 Å². The predicted molar refractivity (Wildman–Crippen MR) is 108 cm³/mol. The first-order chi connectivity index (χ1) is 11.9. The van der Waals surface area contributed by atoms with E-state index in [1.807, 2.05) is 18.2 Å². The van der Waals surface area contributed by atoms with Crippen molar-refractivity contribution in [3.8, 4) is 0 Å². The molecule has 1 atom stereocenters. The Kier molecular flexibility index (Phi) is 9.70. The molecule has 0 aromatic heterocycles. The van der Waals surface area contributed by atoms with E-state index in [4.69, 9.17) is 4.74 Å². The summed E-state index contributed by atoms with van der Waals surface area (Å²) in [6.07, 6.45) is -1.89. The Bertz CT molecular complexity index is 581. The molecule has 1 saturated heterocycles. The average Bonchev–Trinajstić information content (AvgIpc) is 2.55. The van der Waals surface area contributed by atoms with Gasteiger partial charge in [-0.1, -0.05) is 31.2 Å². The Morgan fingerprint density at radius 1 is 1.35 bits per heavy atom. The third kappa shape index (κ3) is 8.11. The predicted octanol–water partition coefficient (Wildman–Crippen LogP) is 4.19. The third-order valence-electron chi connectivity index (χ3n) is 4.14. The normalized spacial score (nSPS) is 18.4. The molecule has 1 aliphatic heterocycles. The number of hydrogen-bond donors (Lipinski definition) is 1. The highest BCUT2D eigenvalue weighted by atomic mass is 127. The molecule has 1 fully saturated rings. The van der Waals surface area contributed by atoms with Crippen LogP contribution in [-0.4, -0.2) is 43.8 Å². The van der Waals surface area contributed by atoms with Crippen molar-refractivity contribution in [2.45, 2.75) is 39.1 Å². The van der Waals surface area contributed by atoms with Crippen molar-refractivity contribution in [2.75, 3.05) is 26.7 Å². The molecule has 26 heavy (non-hydrogen) atoms. The molecule has 4 nitrogen and oxygen atoms in total. The van der Waals surface area contributed by atoms with Crippen LogP contribution >= 0.6 is 24.0 Å². The van der Waals surface area contributed by atoms with Gasteiger partial charge in [0.05, 0.1) is 6.61 Å². The van der Waals surface area contributed by atoms with E-state index in [2.05, 4.69) is 22.1 Å². The number of halogens is 4. The Balaban J connectivity index is 0.00000338. The number of hydrogen-bond acceptors (Lipinski definition) is 2. The van der Waals surface area contributed by atoms with E-state index in [-0.39, 0.29) is 30.6 Å². The summed E-state index contributed by atoms with van der Waals surface area (Å²) in [5, 5.41) is 3.34. The van der Waals surface area contributed by atoms with Crippen LogP contribution in [0.4, 0.5) is 13.2 Å². The van der Waals surface area contributed by atoms with Crippen molar-refractivity contribution >= 4 is 29.9 Å². The Morgan fingerprint density at radius 3 is 2.73 bits per heavy atom. The zero-order valence-electron chi connectivity index (χ0n) is 15.2. The summed E-state index contributed by atoms with van der Waals surface area (Å²) in [6.45, 7) is 3.52. The molecule has 2 rings (SSSR count). The highest BCUT2D eigenvalue weighted by Gasteiger charge is 2.27. The van der Waals surface area contributed by atoms with Gasteiger partial charge in [-0.25, -0.2) is 0 Å². The maximum Gasteiger partial charge on any atom is 0.411 e. The molecule has 0 radical (unpaired) electrons. The van der Waals surface area contributed by atoms with Crippen LogP contribution in [-0.2, 0) is 17.9 Å². The molecular formula is C18H27F3IN3O. The molecule has 1 unspecified atom stereocenters. The van der Waals surface area contributed by atoms with Crippen LogP contribution in [0, 0.1) is 5.92 Å². The number of aliphatic imine (C=N–C) groups is 1. The smallest absolute Gasteiger partial charge is 0.367 e. The van der Waals surface area contributed by atoms with Crippen molar-refractivity contribution < 1.29 is 17.9 Å². The van der Waals surface area contributed by atoms with E-state index in [9.17, 15) is 13.2 Å². The fourth-order valence-corrected chi connectivity index (χ4v) is 3.01. The van der Waals surface area contributed by atoms with Crippen LogP contribution < -0.4 is 5.32 Å². The van der Waals surface area contributed by atoms with E-state index in [0.717, 1.165) is 36.6 Å². The standard InChI is InChI=1S/C18H26F3N3O.HI/c1-14-5-4-8-24(11-14)17(22-2)23-10-15-6-3-7-16(9-15)12-25-13-18(19,20)21;/h3,6-7,9,14H,4-5,8,10-13H2,1-2H3,(H,22,23);1H. The van der Waals surface area contributed by atoms with E-state index in [1.165, 1.54) is 6.42 Å². The van der Waals surface area contributed by atoms with E-state index in [1.54, 1.807) is 13.1 Å². The Hall–Kier alpha value is -1.03. The molecule has 1 heterocycles. The molecule has 0 amide bonds. The average molecular weight is 485 g/mol. The van der Waals surface area contributed by atoms with E-state index in [0.29, 0.717) is 12.5 Å². The lowest BCUT2D eigenvalue weighted by atomic mass is 10.0. The fourth-order valence-electron chi connectivity index (χ4n) is 3.01. The maximum absolute atomic E-state index is 12.1. The summed E-state index contributed by atoms with van der Waals surface area (Å²) in [5.74, 6) is 1.52. The van der Waals surface area contributed by atoms with Gasteiger partial charge >= 0.3 is 6.18 Å². The summed E-state index contributed by atoms with van der Waals surface area (Å²) in [4.78, 5) is 6.60. The molecule has 0 aliphatic carbocycles. The summed E-state index contributed by atoms with van der Waals surface area (Å²) < 4.78 is 41.1. The SMILES string of the molecule is CN=C(NCc1cccc(COCC(F)(F)F)c1)N1CCCC(C)C1.I. The first-order valence-electron chi connectivity index (χ1n) is 8.55. The second-order valence-electron chi connectivity index (χ2n) is 6.52.